The second kappa shape index (κ2) is 8.98. The van der Waals surface area contributed by atoms with Crippen molar-refractivity contribution >= 4 is 17.8 Å². The van der Waals surface area contributed by atoms with Crippen molar-refractivity contribution in [1.29, 1.82) is 0 Å². The van der Waals surface area contributed by atoms with E-state index in [2.05, 4.69) is 0 Å². The van der Waals surface area contributed by atoms with Crippen molar-refractivity contribution in [1.82, 2.24) is 4.90 Å². The number of amides is 2. The van der Waals surface area contributed by atoms with Gasteiger partial charge >= 0.3 is 5.97 Å². The van der Waals surface area contributed by atoms with Crippen molar-refractivity contribution in [3.8, 4) is 11.1 Å². The van der Waals surface area contributed by atoms with E-state index in [4.69, 9.17) is 10.5 Å². The van der Waals surface area contributed by atoms with Crippen LogP contribution in [0.4, 0.5) is 0 Å². The van der Waals surface area contributed by atoms with Crippen molar-refractivity contribution in [2.24, 2.45) is 5.73 Å². The average Bonchev–Trinajstić information content (AvgIpc) is 2.66. The van der Waals surface area contributed by atoms with Gasteiger partial charge in [0.15, 0.2) is 0 Å². The monoisotopic (exact) mass is 368 g/mol. The lowest BCUT2D eigenvalue weighted by molar-refractivity contribution is -0.118. The molecule has 0 spiro atoms. The zero-order valence-electron chi connectivity index (χ0n) is 15.8. The maximum Gasteiger partial charge on any atom is 0.338 e. The highest BCUT2D eigenvalue weighted by Gasteiger charge is 2.19. The van der Waals surface area contributed by atoms with Crippen LogP contribution in [0.1, 0.15) is 41.0 Å². The molecule has 0 unspecified atom stereocenters. The highest BCUT2D eigenvalue weighted by molar-refractivity contribution is 5.95. The number of ether oxygens (including phenoxy) is 1. The Bertz CT molecular complexity index is 813. The number of esters is 1. The van der Waals surface area contributed by atoms with Gasteiger partial charge < -0.3 is 15.4 Å². The van der Waals surface area contributed by atoms with E-state index in [1.807, 2.05) is 24.3 Å². The number of carbonyl (C=O) groups is 3. The molecule has 2 aromatic carbocycles. The summed E-state index contributed by atoms with van der Waals surface area (Å²) in [6, 6.07) is 14.0. The number of rotatable bonds is 7. The van der Waals surface area contributed by atoms with Crippen LogP contribution < -0.4 is 5.73 Å². The van der Waals surface area contributed by atoms with E-state index >= 15 is 0 Å². The van der Waals surface area contributed by atoms with Crippen LogP contribution in [0, 0.1) is 0 Å². The highest BCUT2D eigenvalue weighted by atomic mass is 16.5. The second-order valence-electron chi connectivity index (χ2n) is 6.31. The largest absolute Gasteiger partial charge is 0.462 e. The lowest BCUT2D eigenvalue weighted by Crippen LogP contribution is -2.37. The lowest BCUT2D eigenvalue weighted by atomic mass is 10.0. The molecule has 6 heteroatoms. The summed E-state index contributed by atoms with van der Waals surface area (Å²) in [7, 11) is 1.65. The van der Waals surface area contributed by atoms with Gasteiger partial charge in [0.05, 0.1) is 12.2 Å². The maximum absolute atomic E-state index is 12.5. The van der Waals surface area contributed by atoms with E-state index in [1.165, 1.54) is 4.90 Å². The normalized spacial score (nSPS) is 11.5. The predicted octanol–water partition coefficient (Wildman–Crippen LogP) is 2.87. The molecule has 2 amide bonds. The van der Waals surface area contributed by atoms with Crippen molar-refractivity contribution in [3.63, 3.8) is 0 Å². The first kappa shape index (κ1) is 20.2. The smallest absolute Gasteiger partial charge is 0.338 e. The standard InChI is InChI=1S/C21H24N2O4/c1-4-27-21(26)18-11-7-16(8-12-18)15-5-9-17(10-6-15)20(25)23(3)14(2)13-19(22)24/h5-12,14H,4,13H2,1-3H3,(H2,22,24)/t14-/m1/s1. The molecule has 0 fully saturated rings. The Balaban J connectivity index is 2.11. The summed E-state index contributed by atoms with van der Waals surface area (Å²) in [5.41, 5.74) is 8.07. The van der Waals surface area contributed by atoms with Crippen LogP contribution in [0.25, 0.3) is 11.1 Å². The van der Waals surface area contributed by atoms with Gasteiger partial charge in [0.1, 0.15) is 0 Å². The minimum Gasteiger partial charge on any atom is -0.462 e. The third kappa shape index (κ3) is 5.17. The predicted molar refractivity (Wildman–Crippen MR) is 103 cm³/mol. The lowest BCUT2D eigenvalue weighted by Gasteiger charge is -2.24. The second-order valence-corrected chi connectivity index (χ2v) is 6.31. The summed E-state index contributed by atoms with van der Waals surface area (Å²) in [6.07, 6.45) is 0.118. The van der Waals surface area contributed by atoms with E-state index < -0.39 is 5.91 Å². The zero-order chi connectivity index (χ0) is 20.0. The molecule has 6 nitrogen and oxygen atoms in total. The molecule has 2 rings (SSSR count). The number of hydrogen-bond donors (Lipinski definition) is 1. The van der Waals surface area contributed by atoms with Gasteiger partial charge in [0.25, 0.3) is 5.91 Å². The molecule has 0 saturated heterocycles. The molecule has 142 valence electrons. The molecule has 1 atom stereocenters. The molecule has 0 bridgehead atoms. The Morgan fingerprint density at radius 1 is 0.963 bits per heavy atom. The summed E-state index contributed by atoms with van der Waals surface area (Å²) in [5.74, 6) is -0.963. The minimum atomic E-state index is -0.441. The highest BCUT2D eigenvalue weighted by Crippen LogP contribution is 2.21. The Hall–Kier alpha value is -3.15. The summed E-state index contributed by atoms with van der Waals surface area (Å²) >= 11 is 0. The molecule has 0 aliphatic heterocycles. The number of carbonyl (C=O) groups excluding carboxylic acids is 3. The molecule has 0 aromatic heterocycles. The molecular formula is C21H24N2O4. The fourth-order valence-electron chi connectivity index (χ4n) is 2.65. The van der Waals surface area contributed by atoms with Crippen LogP contribution in [0.15, 0.2) is 48.5 Å². The van der Waals surface area contributed by atoms with Crippen LogP contribution in [-0.4, -0.2) is 42.4 Å². The Kier molecular flexibility index (Phi) is 6.71. The average molecular weight is 368 g/mol. The summed E-state index contributed by atoms with van der Waals surface area (Å²) in [6.45, 7) is 3.88. The fraction of sp³-hybridized carbons (Fsp3) is 0.286. The number of primary amides is 1. The van der Waals surface area contributed by atoms with Gasteiger partial charge in [-0.15, -0.1) is 0 Å². The first-order valence-electron chi connectivity index (χ1n) is 8.76. The summed E-state index contributed by atoms with van der Waals surface area (Å²) < 4.78 is 4.97. The Morgan fingerprint density at radius 2 is 1.44 bits per heavy atom. The number of nitrogens with two attached hydrogens (primary N) is 1. The van der Waals surface area contributed by atoms with Crippen molar-refractivity contribution in [2.45, 2.75) is 26.3 Å². The van der Waals surface area contributed by atoms with E-state index in [0.29, 0.717) is 17.7 Å². The molecule has 2 N–H and O–H groups in total. The van der Waals surface area contributed by atoms with E-state index in [0.717, 1.165) is 11.1 Å². The minimum absolute atomic E-state index is 0.118. The number of benzene rings is 2. The van der Waals surface area contributed by atoms with Gasteiger partial charge in [0, 0.05) is 25.1 Å². The molecular weight excluding hydrogens is 344 g/mol. The Morgan fingerprint density at radius 3 is 1.89 bits per heavy atom. The van der Waals surface area contributed by atoms with Gasteiger partial charge in [-0.3, -0.25) is 9.59 Å². The van der Waals surface area contributed by atoms with Crippen LogP contribution in [0.2, 0.25) is 0 Å². The first-order chi connectivity index (χ1) is 12.8. The quantitative estimate of drug-likeness (QED) is 0.761. The van der Waals surface area contributed by atoms with Crippen molar-refractivity contribution in [3.05, 3.63) is 59.7 Å². The van der Waals surface area contributed by atoms with E-state index in [9.17, 15) is 14.4 Å². The van der Waals surface area contributed by atoms with Crippen LogP contribution in [-0.2, 0) is 9.53 Å². The number of hydrogen-bond acceptors (Lipinski definition) is 4. The molecule has 0 aliphatic carbocycles. The SMILES string of the molecule is CCOC(=O)c1ccc(-c2ccc(C(=O)N(C)[C@H](C)CC(N)=O)cc2)cc1. The van der Waals surface area contributed by atoms with Gasteiger partial charge in [-0.2, -0.15) is 0 Å². The molecule has 0 heterocycles. The van der Waals surface area contributed by atoms with Crippen molar-refractivity contribution < 1.29 is 19.1 Å². The van der Waals surface area contributed by atoms with Crippen LogP contribution >= 0.6 is 0 Å². The molecule has 0 saturated carbocycles. The van der Waals surface area contributed by atoms with E-state index in [1.54, 1.807) is 45.2 Å². The third-order valence-electron chi connectivity index (χ3n) is 4.34. The third-order valence-corrected chi connectivity index (χ3v) is 4.34. The van der Waals surface area contributed by atoms with Gasteiger partial charge in [-0.05, 0) is 49.2 Å². The van der Waals surface area contributed by atoms with Gasteiger partial charge in [-0.25, -0.2) is 4.79 Å². The van der Waals surface area contributed by atoms with Gasteiger partial charge in [0.2, 0.25) is 5.91 Å². The molecule has 27 heavy (non-hydrogen) atoms. The number of nitrogens with zero attached hydrogens (tertiary/aromatic N) is 1. The van der Waals surface area contributed by atoms with E-state index in [-0.39, 0.29) is 24.3 Å². The zero-order valence-corrected chi connectivity index (χ0v) is 15.8. The molecule has 2 aromatic rings. The topological polar surface area (TPSA) is 89.7 Å². The molecule has 0 aliphatic rings. The summed E-state index contributed by atoms with van der Waals surface area (Å²) in [5, 5.41) is 0. The fourth-order valence-corrected chi connectivity index (χ4v) is 2.65. The first-order valence-corrected chi connectivity index (χ1v) is 8.76. The maximum atomic E-state index is 12.5. The molecule has 0 radical (unpaired) electrons. The van der Waals surface area contributed by atoms with Gasteiger partial charge in [-0.1, -0.05) is 24.3 Å². The van der Waals surface area contributed by atoms with Crippen LogP contribution in [0.5, 0.6) is 0 Å². The summed E-state index contributed by atoms with van der Waals surface area (Å²) in [4.78, 5) is 36.8. The van der Waals surface area contributed by atoms with Crippen molar-refractivity contribution in [2.75, 3.05) is 13.7 Å². The Labute approximate surface area is 158 Å². The van der Waals surface area contributed by atoms with Crippen LogP contribution in [0.3, 0.4) is 0 Å².